The zero-order chi connectivity index (χ0) is 86.9. The van der Waals surface area contributed by atoms with E-state index >= 15 is 0 Å². The molecule has 0 aliphatic rings. The number of thiophene rings is 2. The molecule has 0 aliphatic carbocycles. The molecule has 0 saturated carbocycles. The van der Waals surface area contributed by atoms with Gasteiger partial charge in [-0.25, -0.2) is 29.9 Å². The summed E-state index contributed by atoms with van der Waals surface area (Å²) in [5, 5.41) is 14.7. The number of fused-ring (bicyclic) bond motifs is 18. The Hall–Kier alpha value is -17.2. The largest absolute Gasteiger partial charge is 0.309 e. The molecular formula is C120H74N10S2. The Bertz CT molecular complexity index is 9110. The number of rotatable bonds is 13. The summed E-state index contributed by atoms with van der Waals surface area (Å²) in [7, 11) is 0. The summed E-state index contributed by atoms with van der Waals surface area (Å²) in [5.74, 6) is 3.91. The fourth-order valence-electron chi connectivity index (χ4n) is 19.8. The molecule has 0 spiro atoms. The molecule has 0 N–H and O–H groups in total. The van der Waals surface area contributed by atoms with Gasteiger partial charge in [0, 0.05) is 140 Å². The van der Waals surface area contributed by atoms with Crippen LogP contribution < -0.4 is 0 Å². The molecule has 0 bridgehead atoms. The van der Waals surface area contributed by atoms with Crippen LogP contribution in [0.2, 0.25) is 0 Å². The molecule has 0 amide bonds. The van der Waals surface area contributed by atoms with Crippen molar-refractivity contribution >= 4 is 150 Å². The Kier molecular flexibility index (Phi) is 18.1. The van der Waals surface area contributed by atoms with Gasteiger partial charge in [0.2, 0.25) is 0 Å². The second-order valence-electron chi connectivity index (χ2n) is 33.6. The van der Waals surface area contributed by atoms with Crippen molar-refractivity contribution in [3.63, 3.8) is 0 Å². The molecular weight excluding hydrogens is 1650 g/mol. The van der Waals surface area contributed by atoms with Crippen LogP contribution in [0.4, 0.5) is 0 Å². The second kappa shape index (κ2) is 31.4. The van der Waals surface area contributed by atoms with Gasteiger partial charge in [0.1, 0.15) is 0 Å². The van der Waals surface area contributed by atoms with Crippen LogP contribution in [0, 0.1) is 0 Å². The Balaban J connectivity index is 0.000000139. The molecule has 132 heavy (non-hydrogen) atoms. The molecule has 0 fully saturated rings. The van der Waals surface area contributed by atoms with Crippen LogP contribution in [0.3, 0.4) is 0 Å². The standard InChI is InChI=1S/C63H39N5S.C57H35N5S/c1-5-17-42(18-6-1)61-64-62(43-19-7-2-8-20-43)66-63(65-61)54-37-45(36-53-49-26-14-16-28-59(49)69-60(53)54)41-31-29-40(30-32-41)44-33-34-56-50(35-44)52-38-51-48-25-13-15-27-55(48)67(46-21-9-3-10-22-46)57(51)39-58(52)68(56)47-23-11-4-12-24-47;1-4-16-37(17-5-1)55-58-56(38-18-6-2-7-19-38)60-57(59-55)48-33-39(32-47-44-24-12-15-27-53(44)63-54(47)48)36-28-30-41(31-29-36)62-50-26-14-11-23-43(50)46-34-45-42-22-10-13-25-49(42)61(51(45)35-52(46)62)40-20-8-3-9-21-40/h1-39H;1-35H. The molecule has 27 rings (SSSR count). The van der Waals surface area contributed by atoms with Crippen molar-refractivity contribution in [3.05, 3.63) is 449 Å². The van der Waals surface area contributed by atoms with Crippen LogP contribution in [0.15, 0.2) is 449 Å². The van der Waals surface area contributed by atoms with E-state index in [2.05, 4.69) is 394 Å². The van der Waals surface area contributed by atoms with E-state index in [4.69, 9.17) is 29.9 Å². The predicted molar refractivity (Wildman–Crippen MR) is 552 cm³/mol. The third-order valence-electron chi connectivity index (χ3n) is 25.9. The minimum absolute atomic E-state index is 0.649. The van der Waals surface area contributed by atoms with E-state index in [1.165, 1.54) is 124 Å². The van der Waals surface area contributed by atoms with E-state index in [0.29, 0.717) is 34.9 Å². The predicted octanol–water partition coefficient (Wildman–Crippen LogP) is 31.9. The van der Waals surface area contributed by atoms with Crippen molar-refractivity contribution in [1.29, 1.82) is 0 Å². The average molecular weight is 1720 g/mol. The number of aromatic nitrogens is 10. The first-order valence-electron chi connectivity index (χ1n) is 44.4. The van der Waals surface area contributed by atoms with Gasteiger partial charge in [0.05, 0.1) is 44.1 Å². The first kappa shape index (κ1) is 76.1. The van der Waals surface area contributed by atoms with E-state index < -0.39 is 0 Å². The number of para-hydroxylation sites is 6. The van der Waals surface area contributed by atoms with Crippen molar-refractivity contribution in [1.82, 2.24) is 48.2 Å². The van der Waals surface area contributed by atoms with E-state index in [0.717, 1.165) is 93.3 Å². The molecule has 27 aromatic rings. The maximum Gasteiger partial charge on any atom is 0.165 e. The fourth-order valence-corrected chi connectivity index (χ4v) is 22.2. The maximum atomic E-state index is 5.20. The highest BCUT2D eigenvalue weighted by Gasteiger charge is 2.26. The normalized spacial score (nSPS) is 11.8. The number of hydrogen-bond acceptors (Lipinski definition) is 8. The first-order valence-corrected chi connectivity index (χ1v) is 46.1. The van der Waals surface area contributed by atoms with E-state index in [1.54, 1.807) is 22.7 Å². The van der Waals surface area contributed by atoms with Crippen LogP contribution in [0.1, 0.15) is 0 Å². The molecule has 19 aromatic carbocycles. The Labute approximate surface area is 766 Å². The van der Waals surface area contributed by atoms with E-state index in [9.17, 15) is 0 Å². The van der Waals surface area contributed by atoms with Gasteiger partial charge < -0.3 is 18.3 Å². The second-order valence-corrected chi connectivity index (χ2v) is 35.7. The third-order valence-corrected chi connectivity index (χ3v) is 28.4. The molecule has 0 unspecified atom stereocenters. The molecule has 0 saturated heterocycles. The van der Waals surface area contributed by atoms with Crippen molar-refractivity contribution in [3.8, 4) is 124 Å². The minimum atomic E-state index is 0.649. The minimum Gasteiger partial charge on any atom is -0.309 e. The van der Waals surface area contributed by atoms with Crippen molar-refractivity contribution < 1.29 is 0 Å². The van der Waals surface area contributed by atoms with Gasteiger partial charge >= 0.3 is 0 Å². The summed E-state index contributed by atoms with van der Waals surface area (Å²) in [5.41, 5.74) is 26.5. The van der Waals surface area contributed by atoms with Crippen LogP contribution in [0.5, 0.6) is 0 Å². The van der Waals surface area contributed by atoms with Crippen molar-refractivity contribution in [2.24, 2.45) is 0 Å². The summed E-state index contributed by atoms with van der Waals surface area (Å²) in [4.78, 5) is 30.8. The monoisotopic (exact) mass is 1720 g/mol. The number of nitrogens with zero attached hydrogens (tertiary/aromatic N) is 10. The quantitative estimate of drug-likeness (QED) is 0.114. The lowest BCUT2D eigenvalue weighted by atomic mass is 9.96. The van der Waals surface area contributed by atoms with Gasteiger partial charge in [-0.3, -0.25) is 0 Å². The SMILES string of the molecule is c1ccc(-c2nc(-c3ccccc3)nc(-c3cc(-c4ccc(-c5ccc6c(c5)c5cc7c8ccccc8n(-c8ccccc8)c7cc5n6-c5ccccc5)cc4)cc4c3sc3ccccc34)n2)cc1.c1ccc(-c2nc(-c3ccccc3)nc(-c3cc(-c4ccc(-n5c6ccccc6c6cc7c8ccccc8n(-c8ccccc8)c7cc65)cc4)cc4c3sc3ccccc34)n2)cc1. The lowest BCUT2D eigenvalue weighted by Crippen LogP contribution is -2.00. The highest BCUT2D eigenvalue weighted by atomic mass is 32.1. The Morgan fingerprint density at radius 1 is 0.144 bits per heavy atom. The topological polar surface area (TPSA) is 97.1 Å². The Morgan fingerprint density at radius 2 is 0.394 bits per heavy atom. The van der Waals surface area contributed by atoms with Crippen molar-refractivity contribution in [2.45, 2.75) is 0 Å². The fraction of sp³-hybridized carbons (Fsp3) is 0. The lowest BCUT2D eigenvalue weighted by molar-refractivity contribution is 1.08. The zero-order valence-electron chi connectivity index (χ0n) is 71.0. The highest BCUT2D eigenvalue weighted by Crippen LogP contribution is 2.49. The molecule has 0 radical (unpaired) electrons. The summed E-state index contributed by atoms with van der Waals surface area (Å²) in [6.45, 7) is 0. The van der Waals surface area contributed by atoms with E-state index in [-0.39, 0.29) is 0 Å². The smallest absolute Gasteiger partial charge is 0.165 e. The first-order chi connectivity index (χ1) is 65.4. The van der Waals surface area contributed by atoms with Crippen LogP contribution in [0.25, 0.3) is 252 Å². The van der Waals surface area contributed by atoms with Gasteiger partial charge in [-0.15, -0.1) is 22.7 Å². The number of benzene rings is 19. The molecule has 616 valence electrons. The lowest BCUT2D eigenvalue weighted by Gasteiger charge is -2.12. The summed E-state index contributed by atoms with van der Waals surface area (Å²) in [6.07, 6.45) is 0. The molecule has 0 aliphatic heterocycles. The van der Waals surface area contributed by atoms with Crippen molar-refractivity contribution in [2.75, 3.05) is 0 Å². The highest BCUT2D eigenvalue weighted by molar-refractivity contribution is 7.26. The van der Waals surface area contributed by atoms with Gasteiger partial charge in [-0.2, -0.15) is 0 Å². The van der Waals surface area contributed by atoms with Crippen LogP contribution >= 0.6 is 22.7 Å². The van der Waals surface area contributed by atoms with E-state index in [1.807, 2.05) is 72.8 Å². The van der Waals surface area contributed by atoms with Gasteiger partial charge in [0.25, 0.3) is 0 Å². The summed E-state index contributed by atoms with van der Waals surface area (Å²) < 4.78 is 14.4. The summed E-state index contributed by atoms with van der Waals surface area (Å²) >= 11 is 3.58. The maximum absolute atomic E-state index is 5.20. The van der Waals surface area contributed by atoms with Gasteiger partial charge in [-0.1, -0.05) is 309 Å². The third kappa shape index (κ3) is 12.9. The van der Waals surface area contributed by atoms with Crippen LogP contribution in [-0.4, -0.2) is 48.2 Å². The molecule has 12 heteroatoms. The average Bonchev–Trinajstić information content (AvgIpc) is 1.56. The molecule has 0 atom stereocenters. The molecule has 8 aromatic heterocycles. The molecule has 8 heterocycles. The summed E-state index contributed by atoms with van der Waals surface area (Å²) in [6, 6.07) is 160. The number of hydrogen-bond donors (Lipinski definition) is 0. The zero-order valence-corrected chi connectivity index (χ0v) is 72.6. The van der Waals surface area contributed by atoms with Crippen LogP contribution in [-0.2, 0) is 0 Å². The molecule has 10 nitrogen and oxygen atoms in total. The van der Waals surface area contributed by atoms with Gasteiger partial charge in [-0.05, 0) is 173 Å². The Morgan fingerprint density at radius 3 is 0.750 bits per heavy atom. The van der Waals surface area contributed by atoms with Gasteiger partial charge in [0.15, 0.2) is 34.9 Å².